The predicted octanol–water partition coefficient (Wildman–Crippen LogP) is 2.28. The van der Waals surface area contributed by atoms with Gasteiger partial charge in [0.05, 0.1) is 5.56 Å². The summed E-state index contributed by atoms with van der Waals surface area (Å²) in [6, 6.07) is 9.78. The highest BCUT2D eigenvalue weighted by Crippen LogP contribution is 2.28. The highest BCUT2D eigenvalue weighted by atomic mass is 16.2. The molecule has 1 atom stereocenters. The molecule has 0 saturated carbocycles. The van der Waals surface area contributed by atoms with Crippen LogP contribution in [-0.4, -0.2) is 38.4 Å². The normalized spacial score (nSPS) is 17.8. The number of likely N-dealkylation sites (tertiary alicyclic amines) is 1. The van der Waals surface area contributed by atoms with E-state index in [0.717, 1.165) is 41.5 Å². The van der Waals surface area contributed by atoms with E-state index in [1.54, 1.807) is 0 Å². The number of hydrogen-bond acceptors (Lipinski definition) is 3. The molecular weight excluding hydrogens is 316 g/mol. The fraction of sp³-hybridized carbons (Fsp3) is 0.316. The van der Waals surface area contributed by atoms with Gasteiger partial charge in [-0.25, -0.2) is 9.78 Å². The van der Waals surface area contributed by atoms with Gasteiger partial charge in [-0.2, -0.15) is 0 Å². The number of carbonyl (C=O) groups excluding carboxylic acids is 1. The number of amides is 1. The van der Waals surface area contributed by atoms with Crippen LogP contribution in [0.25, 0.3) is 10.9 Å². The van der Waals surface area contributed by atoms with E-state index in [1.165, 1.54) is 6.20 Å². The molecule has 4 rings (SSSR count). The first-order valence-electron chi connectivity index (χ1n) is 8.52. The molecule has 1 fully saturated rings. The molecule has 25 heavy (non-hydrogen) atoms. The highest BCUT2D eigenvalue weighted by molar-refractivity contribution is 6.07. The predicted molar refractivity (Wildman–Crippen MR) is 95.7 cm³/mol. The average molecular weight is 336 g/mol. The molecule has 3 aromatic rings. The van der Waals surface area contributed by atoms with Gasteiger partial charge in [0.2, 0.25) is 0 Å². The summed E-state index contributed by atoms with van der Waals surface area (Å²) in [5, 5.41) is 0.981. The molecule has 3 heterocycles. The van der Waals surface area contributed by atoms with E-state index in [0.29, 0.717) is 6.54 Å². The average Bonchev–Trinajstić information content (AvgIpc) is 2.98. The standard InChI is InChI=1S/C19H20N4O2/c1-22-12-15(14-6-2-3-7-17(14)22)18(24)23-10-4-5-13(11-23)16-8-9-20-19(25)21-16/h2-3,6-9,12-13H,4-5,10-11H2,1H3,(H,20,21,25). The van der Waals surface area contributed by atoms with Gasteiger partial charge in [-0.05, 0) is 25.0 Å². The number of fused-ring (bicyclic) bond motifs is 1. The topological polar surface area (TPSA) is 71.0 Å². The maximum atomic E-state index is 13.1. The van der Waals surface area contributed by atoms with Crippen LogP contribution in [0, 0.1) is 0 Å². The molecule has 1 aliphatic heterocycles. The Labute approximate surface area is 145 Å². The van der Waals surface area contributed by atoms with Crippen LogP contribution < -0.4 is 5.69 Å². The second-order valence-corrected chi connectivity index (χ2v) is 6.59. The van der Waals surface area contributed by atoms with Crippen molar-refractivity contribution >= 4 is 16.8 Å². The Bertz CT molecular complexity index is 988. The number of carbonyl (C=O) groups is 1. The summed E-state index contributed by atoms with van der Waals surface area (Å²) in [7, 11) is 1.96. The first kappa shape index (κ1) is 15.6. The number of benzene rings is 1. The lowest BCUT2D eigenvalue weighted by atomic mass is 9.94. The molecular formula is C19H20N4O2. The number of piperidine rings is 1. The Morgan fingerprint density at radius 1 is 1.28 bits per heavy atom. The van der Waals surface area contributed by atoms with E-state index >= 15 is 0 Å². The smallest absolute Gasteiger partial charge is 0.345 e. The summed E-state index contributed by atoms with van der Waals surface area (Å²) in [5.74, 6) is 0.196. The Kier molecular flexibility index (Phi) is 3.87. The van der Waals surface area contributed by atoms with Crippen molar-refractivity contribution < 1.29 is 4.79 Å². The number of aromatic nitrogens is 3. The van der Waals surface area contributed by atoms with E-state index < -0.39 is 0 Å². The number of aryl methyl sites for hydroxylation is 1. The van der Waals surface area contributed by atoms with Gasteiger partial charge in [-0.1, -0.05) is 18.2 Å². The largest absolute Gasteiger partial charge is 0.350 e. The van der Waals surface area contributed by atoms with Gasteiger partial charge in [0.1, 0.15) is 0 Å². The summed E-state index contributed by atoms with van der Waals surface area (Å²) in [6.07, 6.45) is 5.31. The summed E-state index contributed by atoms with van der Waals surface area (Å²) < 4.78 is 1.99. The lowest BCUT2D eigenvalue weighted by molar-refractivity contribution is 0.0707. The lowest BCUT2D eigenvalue weighted by Crippen LogP contribution is -2.39. The van der Waals surface area contributed by atoms with E-state index in [4.69, 9.17) is 0 Å². The van der Waals surface area contributed by atoms with Gasteiger partial charge in [0.25, 0.3) is 5.91 Å². The summed E-state index contributed by atoms with van der Waals surface area (Å²) in [4.78, 5) is 32.9. The van der Waals surface area contributed by atoms with Crippen LogP contribution in [0.15, 0.2) is 47.5 Å². The van der Waals surface area contributed by atoms with Crippen molar-refractivity contribution in [2.24, 2.45) is 7.05 Å². The SMILES string of the molecule is Cn1cc(C(=O)N2CCCC(c3ccnc(=O)[nH]3)C2)c2ccccc21. The minimum Gasteiger partial charge on any atom is -0.350 e. The van der Waals surface area contributed by atoms with Crippen molar-refractivity contribution in [2.75, 3.05) is 13.1 Å². The molecule has 6 heteroatoms. The third kappa shape index (κ3) is 2.84. The monoisotopic (exact) mass is 336 g/mol. The molecule has 0 aliphatic carbocycles. The van der Waals surface area contributed by atoms with E-state index in [9.17, 15) is 9.59 Å². The van der Waals surface area contributed by atoms with Crippen LogP contribution in [-0.2, 0) is 7.05 Å². The number of nitrogens with zero attached hydrogens (tertiary/aromatic N) is 3. The third-order valence-electron chi connectivity index (χ3n) is 4.97. The van der Waals surface area contributed by atoms with Gasteiger partial charge in [-0.15, -0.1) is 0 Å². The number of rotatable bonds is 2. The molecule has 1 aliphatic rings. The van der Waals surface area contributed by atoms with Crippen molar-refractivity contribution in [3.63, 3.8) is 0 Å². The Balaban J connectivity index is 1.62. The molecule has 0 bridgehead atoms. The number of para-hydroxylation sites is 1. The molecule has 1 unspecified atom stereocenters. The van der Waals surface area contributed by atoms with Gasteiger partial charge in [0.15, 0.2) is 0 Å². The second-order valence-electron chi connectivity index (χ2n) is 6.59. The molecule has 1 N–H and O–H groups in total. The summed E-state index contributed by atoms with van der Waals surface area (Å²) in [6.45, 7) is 1.36. The molecule has 0 radical (unpaired) electrons. The lowest BCUT2D eigenvalue weighted by Gasteiger charge is -2.32. The first-order valence-corrected chi connectivity index (χ1v) is 8.52. The molecule has 6 nitrogen and oxygen atoms in total. The van der Waals surface area contributed by atoms with Crippen LogP contribution in [0.1, 0.15) is 34.8 Å². The van der Waals surface area contributed by atoms with Crippen LogP contribution in [0.3, 0.4) is 0 Å². The minimum absolute atomic E-state index is 0.0536. The quantitative estimate of drug-likeness (QED) is 0.780. The third-order valence-corrected chi connectivity index (χ3v) is 4.97. The number of aromatic amines is 1. The zero-order valence-corrected chi connectivity index (χ0v) is 14.1. The summed E-state index contributed by atoms with van der Waals surface area (Å²) in [5.41, 5.74) is 2.31. The Morgan fingerprint density at radius 3 is 2.96 bits per heavy atom. The molecule has 1 aromatic carbocycles. The molecule has 1 saturated heterocycles. The van der Waals surface area contributed by atoms with Crippen LogP contribution >= 0.6 is 0 Å². The number of nitrogens with one attached hydrogen (secondary N) is 1. The fourth-order valence-electron chi connectivity index (χ4n) is 3.72. The number of H-pyrrole nitrogens is 1. The molecule has 2 aromatic heterocycles. The maximum Gasteiger partial charge on any atom is 0.345 e. The first-order chi connectivity index (χ1) is 12.1. The number of hydrogen-bond donors (Lipinski definition) is 1. The van der Waals surface area contributed by atoms with Crippen molar-refractivity contribution in [1.29, 1.82) is 0 Å². The maximum absolute atomic E-state index is 13.1. The highest BCUT2D eigenvalue weighted by Gasteiger charge is 2.27. The minimum atomic E-state index is -0.338. The van der Waals surface area contributed by atoms with E-state index in [2.05, 4.69) is 9.97 Å². The molecule has 128 valence electrons. The molecule has 1 amide bonds. The Morgan fingerprint density at radius 2 is 2.12 bits per heavy atom. The van der Waals surface area contributed by atoms with Gasteiger partial charge in [-0.3, -0.25) is 4.79 Å². The molecule has 0 spiro atoms. The fourth-order valence-corrected chi connectivity index (χ4v) is 3.72. The van der Waals surface area contributed by atoms with Crippen molar-refractivity contribution in [3.05, 3.63) is 64.5 Å². The van der Waals surface area contributed by atoms with Crippen molar-refractivity contribution in [3.8, 4) is 0 Å². The van der Waals surface area contributed by atoms with Crippen LogP contribution in [0.2, 0.25) is 0 Å². The van der Waals surface area contributed by atoms with Gasteiger partial charge >= 0.3 is 5.69 Å². The van der Waals surface area contributed by atoms with Gasteiger partial charge < -0.3 is 14.5 Å². The van der Waals surface area contributed by atoms with Crippen LogP contribution in [0.4, 0.5) is 0 Å². The van der Waals surface area contributed by atoms with Crippen molar-refractivity contribution in [1.82, 2.24) is 19.4 Å². The van der Waals surface area contributed by atoms with Crippen LogP contribution in [0.5, 0.6) is 0 Å². The van der Waals surface area contributed by atoms with Gasteiger partial charge in [0, 0.05) is 55.0 Å². The van der Waals surface area contributed by atoms with Crippen molar-refractivity contribution in [2.45, 2.75) is 18.8 Å². The second kappa shape index (κ2) is 6.20. The zero-order chi connectivity index (χ0) is 17.4. The zero-order valence-electron chi connectivity index (χ0n) is 14.1. The Hall–Kier alpha value is -2.89. The van der Waals surface area contributed by atoms with E-state index in [1.807, 2.05) is 53.0 Å². The summed E-state index contributed by atoms with van der Waals surface area (Å²) >= 11 is 0. The van der Waals surface area contributed by atoms with E-state index in [-0.39, 0.29) is 17.5 Å².